The van der Waals surface area contributed by atoms with Crippen LogP contribution in [0.15, 0.2) is 60.7 Å². The lowest BCUT2D eigenvalue weighted by Crippen LogP contribution is -2.07. The van der Waals surface area contributed by atoms with Crippen LogP contribution in [0.4, 0.5) is 0 Å². The molecule has 80 valence electrons. The highest BCUT2D eigenvalue weighted by molar-refractivity contribution is 9.18. The average molecular weight is 275 g/mol. The summed E-state index contributed by atoms with van der Waals surface area (Å²) in [6.07, 6.45) is 0. The molecule has 0 spiro atoms. The van der Waals surface area contributed by atoms with E-state index in [1.54, 1.807) is 0 Å². The molecule has 0 saturated carbocycles. The van der Waals surface area contributed by atoms with Crippen LogP contribution in [0.3, 0.4) is 0 Å². The lowest BCUT2D eigenvalue weighted by molar-refractivity contribution is -0.110. The fourth-order valence-corrected chi connectivity index (χ4v) is 2.27. The Hall–Kier alpha value is -1.41. The summed E-state index contributed by atoms with van der Waals surface area (Å²) in [5.74, 6) is -0.220. The molecule has 0 aromatic heterocycles. The smallest absolute Gasteiger partial charge is 0.209 e. The van der Waals surface area contributed by atoms with Crippen LogP contribution in [0.25, 0.3) is 0 Å². The second-order valence-corrected chi connectivity index (χ2v) is 4.34. The molecule has 2 aromatic rings. The monoisotopic (exact) mass is 274 g/mol. The van der Waals surface area contributed by atoms with Crippen LogP contribution in [0.1, 0.15) is 17.0 Å². The van der Waals surface area contributed by atoms with Crippen LogP contribution in [-0.4, -0.2) is 4.69 Å². The molecule has 0 aliphatic heterocycles. The second kappa shape index (κ2) is 5.08. The number of carbonyl (C=O) groups is 1. The van der Waals surface area contributed by atoms with Gasteiger partial charge < -0.3 is 0 Å². The first-order valence-electron chi connectivity index (χ1n) is 5.08. The predicted octanol–water partition coefficient (Wildman–Crippen LogP) is 3.74. The largest absolute Gasteiger partial charge is 0.286 e. The Morgan fingerprint density at radius 3 is 1.50 bits per heavy atom. The molecular formula is C14H11BrO. The summed E-state index contributed by atoms with van der Waals surface area (Å²) < 4.78 is -0.00935. The molecule has 0 unspecified atom stereocenters. The molecule has 1 nitrogen and oxygen atoms in total. The van der Waals surface area contributed by atoms with Gasteiger partial charge in [-0.1, -0.05) is 60.7 Å². The molecule has 2 aromatic carbocycles. The molecule has 0 amide bonds. The number of carbonyl (C=O) groups excluding carboxylic acids is 1. The molecule has 0 fully saturated rings. The number of hydrogen-bond acceptors (Lipinski definition) is 1. The summed E-state index contributed by atoms with van der Waals surface area (Å²) in [5, 5.41) is 0. The molecule has 2 heteroatoms. The maximum absolute atomic E-state index is 11.7. The van der Waals surface area contributed by atoms with Crippen molar-refractivity contribution < 1.29 is 4.79 Å². The number of benzene rings is 2. The first-order chi connectivity index (χ1) is 7.79. The third-order valence-corrected chi connectivity index (χ3v) is 2.95. The summed E-state index contributed by atoms with van der Waals surface area (Å²) >= 11 is 3.08. The van der Waals surface area contributed by atoms with E-state index < -0.39 is 0 Å². The second-order valence-electron chi connectivity index (χ2n) is 3.56. The van der Waals surface area contributed by atoms with Crippen LogP contribution < -0.4 is 0 Å². The van der Waals surface area contributed by atoms with Crippen molar-refractivity contribution >= 4 is 20.6 Å². The molecule has 0 aliphatic rings. The molecular weight excluding hydrogens is 264 g/mol. The minimum atomic E-state index is -0.220. The van der Waals surface area contributed by atoms with Crippen LogP contribution in [-0.2, 0) is 4.79 Å². The molecule has 0 bridgehead atoms. The summed E-state index contributed by atoms with van der Waals surface area (Å²) in [4.78, 5) is 11.7. The number of hydrogen-bond donors (Lipinski definition) is 0. The Morgan fingerprint density at radius 1 is 0.812 bits per heavy atom. The van der Waals surface area contributed by atoms with Crippen molar-refractivity contribution in [1.82, 2.24) is 0 Å². The van der Waals surface area contributed by atoms with E-state index in [4.69, 9.17) is 0 Å². The highest BCUT2D eigenvalue weighted by Gasteiger charge is 2.19. The van der Waals surface area contributed by atoms with Crippen molar-refractivity contribution in [3.63, 3.8) is 0 Å². The highest BCUT2D eigenvalue weighted by Crippen LogP contribution is 2.27. The van der Waals surface area contributed by atoms with Gasteiger partial charge in [0.05, 0.1) is 5.92 Å². The minimum absolute atomic E-state index is 0.00935. The van der Waals surface area contributed by atoms with E-state index in [9.17, 15) is 4.79 Å². The lowest BCUT2D eigenvalue weighted by atomic mass is 9.93. The Balaban J connectivity index is 2.44. The predicted molar refractivity (Wildman–Crippen MR) is 68.7 cm³/mol. The van der Waals surface area contributed by atoms with Gasteiger partial charge in [0.15, 0.2) is 0 Å². The maximum Gasteiger partial charge on any atom is 0.209 e. The van der Waals surface area contributed by atoms with Crippen LogP contribution in [0, 0.1) is 0 Å². The van der Waals surface area contributed by atoms with E-state index in [0.29, 0.717) is 0 Å². The Morgan fingerprint density at radius 2 is 1.19 bits per heavy atom. The van der Waals surface area contributed by atoms with Crippen molar-refractivity contribution in [2.24, 2.45) is 0 Å². The lowest BCUT2D eigenvalue weighted by Gasteiger charge is -2.13. The molecule has 0 aliphatic carbocycles. The van der Waals surface area contributed by atoms with E-state index in [1.807, 2.05) is 60.7 Å². The zero-order valence-electron chi connectivity index (χ0n) is 8.64. The third-order valence-electron chi connectivity index (χ3n) is 2.49. The standard InChI is InChI=1S/C14H11BrO/c15-14(16)13(11-7-3-1-4-8-11)12-9-5-2-6-10-12/h1-10,13H. The normalized spacial score (nSPS) is 10.4. The van der Waals surface area contributed by atoms with Crippen LogP contribution in [0.2, 0.25) is 0 Å². The van der Waals surface area contributed by atoms with E-state index in [1.165, 1.54) is 0 Å². The number of halogens is 1. The van der Waals surface area contributed by atoms with Crippen molar-refractivity contribution in [2.75, 3.05) is 0 Å². The van der Waals surface area contributed by atoms with Gasteiger partial charge in [-0.05, 0) is 27.1 Å². The van der Waals surface area contributed by atoms with Gasteiger partial charge in [-0.2, -0.15) is 0 Å². The summed E-state index contributed by atoms with van der Waals surface area (Å²) in [7, 11) is 0. The van der Waals surface area contributed by atoms with Gasteiger partial charge in [0.25, 0.3) is 0 Å². The van der Waals surface area contributed by atoms with Gasteiger partial charge in [0.2, 0.25) is 4.69 Å². The van der Waals surface area contributed by atoms with Gasteiger partial charge in [-0.3, -0.25) is 4.79 Å². The van der Waals surface area contributed by atoms with Gasteiger partial charge in [-0.25, -0.2) is 0 Å². The Kier molecular flexibility index (Phi) is 3.52. The third kappa shape index (κ3) is 2.39. The van der Waals surface area contributed by atoms with E-state index in [2.05, 4.69) is 15.9 Å². The maximum atomic E-state index is 11.7. The zero-order chi connectivity index (χ0) is 11.4. The summed E-state index contributed by atoms with van der Waals surface area (Å²) in [6.45, 7) is 0. The molecule has 0 atom stereocenters. The van der Waals surface area contributed by atoms with Crippen molar-refractivity contribution in [1.29, 1.82) is 0 Å². The topological polar surface area (TPSA) is 17.1 Å². The van der Waals surface area contributed by atoms with E-state index >= 15 is 0 Å². The van der Waals surface area contributed by atoms with E-state index in [-0.39, 0.29) is 10.6 Å². The Bertz CT molecular complexity index is 425. The van der Waals surface area contributed by atoms with Gasteiger partial charge >= 0.3 is 0 Å². The number of rotatable bonds is 3. The zero-order valence-corrected chi connectivity index (χ0v) is 10.2. The molecule has 0 saturated heterocycles. The van der Waals surface area contributed by atoms with Gasteiger partial charge in [0.1, 0.15) is 0 Å². The molecule has 0 heterocycles. The van der Waals surface area contributed by atoms with Crippen molar-refractivity contribution in [3.05, 3.63) is 71.8 Å². The van der Waals surface area contributed by atoms with Gasteiger partial charge in [-0.15, -0.1) is 0 Å². The van der Waals surface area contributed by atoms with E-state index in [0.717, 1.165) is 11.1 Å². The van der Waals surface area contributed by atoms with Crippen LogP contribution >= 0.6 is 15.9 Å². The first-order valence-corrected chi connectivity index (χ1v) is 5.87. The van der Waals surface area contributed by atoms with Gasteiger partial charge in [0, 0.05) is 0 Å². The summed E-state index contributed by atoms with van der Waals surface area (Å²) in [6, 6.07) is 19.6. The Labute approximate surface area is 103 Å². The van der Waals surface area contributed by atoms with Crippen molar-refractivity contribution in [2.45, 2.75) is 5.92 Å². The quantitative estimate of drug-likeness (QED) is 0.780. The first kappa shape index (κ1) is 11.1. The highest BCUT2D eigenvalue weighted by atomic mass is 79.9. The minimum Gasteiger partial charge on any atom is -0.286 e. The van der Waals surface area contributed by atoms with Crippen molar-refractivity contribution in [3.8, 4) is 0 Å². The fourth-order valence-electron chi connectivity index (χ4n) is 1.75. The van der Waals surface area contributed by atoms with Crippen LogP contribution in [0.5, 0.6) is 0 Å². The summed E-state index contributed by atoms with van der Waals surface area (Å²) in [5.41, 5.74) is 2.02. The molecule has 0 radical (unpaired) electrons. The molecule has 16 heavy (non-hydrogen) atoms. The molecule has 0 N–H and O–H groups in total. The molecule has 2 rings (SSSR count). The fraction of sp³-hybridized carbons (Fsp3) is 0.0714. The SMILES string of the molecule is O=C(Br)C(c1ccccc1)c1ccccc1. The average Bonchev–Trinajstić information content (AvgIpc) is 2.31.